The number of hydrazine groups is 1. The van der Waals surface area contributed by atoms with Crippen LogP contribution in [0.3, 0.4) is 0 Å². The lowest BCUT2D eigenvalue weighted by atomic mass is 10.0. The van der Waals surface area contributed by atoms with Gasteiger partial charge in [-0.2, -0.15) is 4.39 Å². The molecule has 0 spiro atoms. The fourth-order valence-electron chi connectivity index (χ4n) is 5.47. The van der Waals surface area contributed by atoms with Crippen LogP contribution in [0.4, 0.5) is 14.9 Å². The van der Waals surface area contributed by atoms with Gasteiger partial charge in [0.1, 0.15) is 6.10 Å². The van der Waals surface area contributed by atoms with Crippen molar-refractivity contribution in [3.8, 4) is 0 Å². The van der Waals surface area contributed by atoms with Gasteiger partial charge in [0, 0.05) is 32.2 Å². The maximum absolute atomic E-state index is 13.8. The molecular weight excluding hydrogens is 571 g/mol. The summed E-state index contributed by atoms with van der Waals surface area (Å²) in [6.07, 6.45) is 0.372. The Balaban J connectivity index is 1.48. The summed E-state index contributed by atoms with van der Waals surface area (Å²) in [7, 11) is -4.38. The molecule has 12 nitrogen and oxygen atoms in total. The van der Waals surface area contributed by atoms with E-state index in [1.54, 1.807) is 0 Å². The van der Waals surface area contributed by atoms with Crippen molar-refractivity contribution in [2.75, 3.05) is 19.7 Å². The zero-order chi connectivity index (χ0) is 30.4. The van der Waals surface area contributed by atoms with Gasteiger partial charge in [-0.25, -0.2) is 18.2 Å². The summed E-state index contributed by atoms with van der Waals surface area (Å²) < 4.78 is 51.4. The molecule has 0 aromatic heterocycles. The summed E-state index contributed by atoms with van der Waals surface area (Å²) in [5.41, 5.74) is -0.142. The summed E-state index contributed by atoms with van der Waals surface area (Å²) in [6, 6.07) is 10.6. The molecule has 1 saturated carbocycles. The smallest absolute Gasteiger partial charge is 0.407 e. The Hall–Kier alpha value is -3.17. The van der Waals surface area contributed by atoms with Crippen molar-refractivity contribution in [3.63, 3.8) is 0 Å². The molecule has 1 aliphatic carbocycles. The van der Waals surface area contributed by atoms with Crippen LogP contribution in [-0.2, 0) is 25.9 Å². The predicted octanol–water partition coefficient (Wildman–Crippen LogP) is 3.15. The van der Waals surface area contributed by atoms with Gasteiger partial charge in [0.25, 0.3) is 10.0 Å². The Morgan fingerprint density at radius 3 is 2.62 bits per heavy atom. The third-order valence-corrected chi connectivity index (χ3v) is 8.79. The van der Waals surface area contributed by atoms with E-state index in [4.69, 9.17) is 9.47 Å². The van der Waals surface area contributed by atoms with Crippen LogP contribution >= 0.6 is 0 Å². The van der Waals surface area contributed by atoms with Gasteiger partial charge in [0.2, 0.25) is 5.82 Å². The summed E-state index contributed by atoms with van der Waals surface area (Å²) in [5.74, 6) is -0.853. The molecule has 2 aromatic carbocycles. The number of alkyl carbamates (subject to hydrolysis) is 1. The zero-order valence-corrected chi connectivity index (χ0v) is 24.3. The molecule has 4 rings (SSSR count). The highest BCUT2D eigenvalue weighted by molar-refractivity contribution is 7.89. The number of nitrogens with one attached hydrogen (secondary N) is 2. The summed E-state index contributed by atoms with van der Waals surface area (Å²) in [6.45, 7) is 4.32. The van der Waals surface area contributed by atoms with Crippen molar-refractivity contribution < 1.29 is 37.1 Å². The van der Waals surface area contributed by atoms with Crippen LogP contribution in [0.25, 0.3) is 0 Å². The zero-order valence-electron chi connectivity index (χ0n) is 23.5. The quantitative estimate of drug-likeness (QED) is 0.229. The minimum atomic E-state index is -4.38. The standard InChI is InChI=1S/C28H37FN4O8S/c1-18(2)16-32(31-42(38,39)22-8-9-23(29)25(15-22)33(36)37)17-26(34)24(12-19-6-4-3-5-7-19)30-28(35)41-21-13-20-10-11-40-27(20)14-21/h3-9,15,18,20-21,24,26-27,31,34H,10-14,16-17H2,1-2H3,(H,30,35)/t20?,21?,24-,26+,27+/m0/s1. The van der Waals surface area contributed by atoms with E-state index in [0.29, 0.717) is 31.1 Å². The highest BCUT2D eigenvalue weighted by atomic mass is 32.2. The number of sulfonamides is 1. The first-order valence-corrected chi connectivity index (χ1v) is 15.4. The van der Waals surface area contributed by atoms with Gasteiger partial charge < -0.3 is 19.9 Å². The number of aliphatic hydroxyl groups excluding tert-OH is 1. The number of amides is 1. The summed E-state index contributed by atoms with van der Waals surface area (Å²) >= 11 is 0. The summed E-state index contributed by atoms with van der Waals surface area (Å²) in [4.78, 5) is 24.9. The Labute approximate surface area is 244 Å². The number of rotatable bonds is 13. The lowest BCUT2D eigenvalue weighted by Gasteiger charge is -2.31. The number of ether oxygens (including phenoxy) is 2. The Morgan fingerprint density at radius 2 is 1.95 bits per heavy atom. The van der Waals surface area contributed by atoms with Gasteiger partial charge in [0.15, 0.2) is 0 Å². The lowest BCUT2D eigenvalue weighted by molar-refractivity contribution is -0.387. The first-order valence-electron chi connectivity index (χ1n) is 13.9. The molecule has 1 aliphatic heterocycles. The molecule has 2 unspecified atom stereocenters. The molecule has 2 aromatic rings. The summed E-state index contributed by atoms with van der Waals surface area (Å²) in [5, 5.41) is 26.5. The molecule has 1 heterocycles. The lowest BCUT2D eigenvalue weighted by Crippen LogP contribution is -2.54. The van der Waals surface area contributed by atoms with E-state index in [-0.39, 0.29) is 37.6 Å². The third kappa shape index (κ3) is 8.44. The average molecular weight is 609 g/mol. The number of nitrogens with zero attached hydrogens (tertiary/aromatic N) is 2. The fourth-order valence-corrected chi connectivity index (χ4v) is 6.57. The van der Waals surface area contributed by atoms with E-state index >= 15 is 0 Å². The number of halogens is 1. The number of nitro benzene ring substituents is 1. The minimum Gasteiger partial charge on any atom is -0.446 e. The highest BCUT2D eigenvalue weighted by Gasteiger charge is 2.40. The predicted molar refractivity (Wildman–Crippen MR) is 150 cm³/mol. The van der Waals surface area contributed by atoms with Crippen molar-refractivity contribution in [3.05, 3.63) is 70.0 Å². The number of hydrogen-bond donors (Lipinski definition) is 3. The second kappa shape index (κ2) is 13.9. The van der Waals surface area contributed by atoms with Crippen LogP contribution in [0.2, 0.25) is 0 Å². The van der Waals surface area contributed by atoms with E-state index < -0.39 is 49.6 Å². The third-order valence-electron chi connectivity index (χ3n) is 7.41. The van der Waals surface area contributed by atoms with E-state index in [1.165, 1.54) is 5.01 Å². The number of aliphatic hydroxyl groups is 1. The maximum atomic E-state index is 13.8. The van der Waals surface area contributed by atoms with Crippen LogP contribution in [0.5, 0.6) is 0 Å². The Kier molecular flexibility index (Phi) is 10.5. The van der Waals surface area contributed by atoms with Crippen molar-refractivity contribution >= 4 is 21.8 Å². The first kappa shape index (κ1) is 31.8. The second-order valence-electron chi connectivity index (χ2n) is 11.2. The number of nitro groups is 1. The monoisotopic (exact) mass is 608 g/mol. The number of fused-ring (bicyclic) bond motifs is 1. The first-order chi connectivity index (χ1) is 19.9. The average Bonchev–Trinajstić information content (AvgIpc) is 3.50. The Bertz CT molecular complexity index is 1330. The molecule has 14 heteroatoms. The van der Waals surface area contributed by atoms with E-state index in [1.807, 2.05) is 44.2 Å². The van der Waals surface area contributed by atoms with Gasteiger partial charge in [-0.15, -0.1) is 4.83 Å². The number of hydrogen-bond acceptors (Lipinski definition) is 9. The second-order valence-corrected chi connectivity index (χ2v) is 12.9. The van der Waals surface area contributed by atoms with Crippen molar-refractivity contribution in [1.82, 2.24) is 15.2 Å². The molecule has 1 amide bonds. The van der Waals surface area contributed by atoms with E-state index in [2.05, 4.69) is 10.1 Å². The number of carbonyl (C=O) groups is 1. The molecule has 0 radical (unpaired) electrons. The molecule has 3 N–H and O–H groups in total. The van der Waals surface area contributed by atoms with Gasteiger partial charge in [0.05, 0.1) is 28.1 Å². The van der Waals surface area contributed by atoms with Crippen molar-refractivity contribution in [1.29, 1.82) is 0 Å². The molecule has 42 heavy (non-hydrogen) atoms. The molecular formula is C28H37FN4O8S. The van der Waals surface area contributed by atoms with Crippen molar-refractivity contribution in [2.24, 2.45) is 11.8 Å². The number of benzene rings is 2. The Morgan fingerprint density at radius 1 is 1.21 bits per heavy atom. The van der Waals surface area contributed by atoms with Gasteiger partial charge >= 0.3 is 11.8 Å². The van der Waals surface area contributed by atoms with Crippen LogP contribution in [0.15, 0.2) is 53.4 Å². The van der Waals surface area contributed by atoms with E-state index in [9.17, 15) is 32.8 Å². The normalized spacial score (nSPS) is 21.7. The van der Waals surface area contributed by atoms with Gasteiger partial charge in [-0.3, -0.25) is 10.1 Å². The molecule has 2 aliphatic rings. The molecule has 2 fully saturated rings. The molecule has 230 valence electrons. The molecule has 5 atom stereocenters. The van der Waals surface area contributed by atoms with E-state index in [0.717, 1.165) is 24.5 Å². The SMILES string of the molecule is CC(C)CN(C[C@@H](O)[C@H](Cc1ccccc1)NC(=O)OC1CC2CCO[C@@H]2C1)NS(=O)(=O)c1ccc(F)c([N+](=O)[O-])c1. The highest BCUT2D eigenvalue weighted by Crippen LogP contribution is 2.37. The van der Waals surface area contributed by atoms with Crippen LogP contribution in [0, 0.1) is 27.8 Å². The minimum absolute atomic E-state index is 0.0583. The largest absolute Gasteiger partial charge is 0.446 e. The molecule has 0 bridgehead atoms. The van der Waals surface area contributed by atoms with Crippen LogP contribution in [-0.4, -0.2) is 73.6 Å². The van der Waals surface area contributed by atoms with Crippen LogP contribution in [0.1, 0.15) is 38.7 Å². The van der Waals surface area contributed by atoms with Crippen molar-refractivity contribution in [2.45, 2.75) is 68.8 Å². The van der Waals surface area contributed by atoms with Gasteiger partial charge in [-0.1, -0.05) is 44.2 Å². The van der Waals surface area contributed by atoms with Crippen LogP contribution < -0.4 is 10.1 Å². The number of carbonyl (C=O) groups excluding carboxylic acids is 1. The molecule has 1 saturated heterocycles. The van der Waals surface area contributed by atoms with Gasteiger partial charge in [-0.05, 0) is 48.8 Å². The fraction of sp³-hybridized carbons (Fsp3) is 0.536. The topological polar surface area (TPSA) is 160 Å². The maximum Gasteiger partial charge on any atom is 0.407 e.